The van der Waals surface area contributed by atoms with Crippen molar-refractivity contribution in [2.75, 3.05) is 41.7 Å². The summed E-state index contributed by atoms with van der Waals surface area (Å²) >= 11 is 0. The van der Waals surface area contributed by atoms with Gasteiger partial charge < -0.3 is 28.4 Å². The molecule has 3 aromatic rings. The lowest BCUT2D eigenvalue weighted by atomic mass is 10.2. The summed E-state index contributed by atoms with van der Waals surface area (Å²) in [5.74, 6) is 2.38. The molecule has 0 bridgehead atoms. The Labute approximate surface area is 231 Å². The van der Waals surface area contributed by atoms with E-state index in [4.69, 9.17) is 28.4 Å². The van der Waals surface area contributed by atoms with Crippen LogP contribution in [-0.4, -0.2) is 65.9 Å². The summed E-state index contributed by atoms with van der Waals surface area (Å²) in [5.41, 5.74) is 6.15. The number of hydrazone groups is 2. The smallest absolute Gasteiger partial charge is 0.277 e. The maximum atomic E-state index is 12.0. The molecule has 2 N–H and O–H groups in total. The average Bonchev–Trinajstić information content (AvgIpc) is 2.99. The Kier molecular flexibility index (Phi) is 11.2. The number of benzene rings is 3. The molecule has 0 heterocycles. The van der Waals surface area contributed by atoms with Crippen molar-refractivity contribution in [2.45, 2.75) is 0 Å². The van der Waals surface area contributed by atoms with Crippen LogP contribution >= 0.6 is 0 Å². The van der Waals surface area contributed by atoms with E-state index in [-0.39, 0.29) is 13.2 Å². The fourth-order valence-electron chi connectivity index (χ4n) is 3.16. The van der Waals surface area contributed by atoms with Crippen LogP contribution in [0.3, 0.4) is 0 Å². The van der Waals surface area contributed by atoms with Crippen LogP contribution in [-0.2, 0) is 9.59 Å². The molecule has 0 aliphatic heterocycles. The topological polar surface area (TPSA) is 138 Å². The Balaban J connectivity index is 1.39. The first kappa shape index (κ1) is 29.3. The number of ether oxygens (including phenoxy) is 6. The zero-order chi connectivity index (χ0) is 28.7. The van der Waals surface area contributed by atoms with Crippen molar-refractivity contribution in [3.8, 4) is 34.5 Å². The molecule has 40 heavy (non-hydrogen) atoms. The first-order chi connectivity index (χ1) is 19.4. The van der Waals surface area contributed by atoms with Crippen LogP contribution in [0.4, 0.5) is 0 Å². The van der Waals surface area contributed by atoms with Gasteiger partial charge in [0.25, 0.3) is 11.8 Å². The van der Waals surface area contributed by atoms with E-state index in [1.165, 1.54) is 12.4 Å². The lowest BCUT2D eigenvalue weighted by Gasteiger charge is -2.08. The summed E-state index contributed by atoms with van der Waals surface area (Å²) in [7, 11) is 6.18. The van der Waals surface area contributed by atoms with E-state index in [2.05, 4.69) is 21.1 Å². The molecule has 12 nitrogen and oxygen atoms in total. The van der Waals surface area contributed by atoms with Crippen LogP contribution in [0.1, 0.15) is 11.1 Å². The lowest BCUT2D eigenvalue weighted by Crippen LogP contribution is -2.25. The molecule has 3 rings (SSSR count). The average molecular weight is 551 g/mol. The van der Waals surface area contributed by atoms with Crippen molar-refractivity contribution < 1.29 is 38.0 Å². The number of amides is 2. The largest absolute Gasteiger partial charge is 0.497 e. The number of carbonyl (C=O) groups excluding carboxylic acids is 2. The standard InChI is InChI=1S/C28H30N4O8/c1-35-23-9-19(10-24(13-23)36-2)15-29-31-27(33)17-39-21-5-7-22(8-6-21)40-18-28(34)32-30-16-20-11-25(37-3)14-26(12-20)38-4/h5-16H,17-18H2,1-4H3,(H,31,33)(H,32,34)/b29-15+,30-16+. The van der Waals surface area contributed by atoms with E-state index in [1.807, 2.05) is 0 Å². The Morgan fingerprint density at radius 3 is 1.20 bits per heavy atom. The van der Waals surface area contributed by atoms with Gasteiger partial charge in [0.1, 0.15) is 34.5 Å². The molecule has 0 aromatic heterocycles. The van der Waals surface area contributed by atoms with Crippen LogP contribution in [0.25, 0.3) is 0 Å². The summed E-state index contributed by atoms with van der Waals surface area (Å²) in [5, 5.41) is 7.84. The minimum atomic E-state index is -0.448. The number of rotatable bonds is 14. The Morgan fingerprint density at radius 1 is 0.575 bits per heavy atom. The third-order valence-corrected chi connectivity index (χ3v) is 5.12. The van der Waals surface area contributed by atoms with E-state index in [1.54, 1.807) is 89.1 Å². The Hall–Kier alpha value is -5.26. The van der Waals surface area contributed by atoms with E-state index < -0.39 is 11.8 Å². The molecule has 2 amide bonds. The fourth-order valence-corrected chi connectivity index (χ4v) is 3.16. The van der Waals surface area contributed by atoms with Gasteiger partial charge in [0.15, 0.2) is 13.2 Å². The number of hydrogen-bond donors (Lipinski definition) is 2. The predicted molar refractivity (Wildman–Crippen MR) is 148 cm³/mol. The number of nitrogens with one attached hydrogen (secondary N) is 2. The molecule has 0 saturated carbocycles. The molecule has 0 fully saturated rings. The number of carbonyl (C=O) groups is 2. The van der Waals surface area contributed by atoms with Gasteiger partial charge in [-0.3, -0.25) is 9.59 Å². The molecule has 0 unspecified atom stereocenters. The van der Waals surface area contributed by atoms with Crippen LogP contribution < -0.4 is 39.3 Å². The summed E-state index contributed by atoms with van der Waals surface area (Å²) < 4.78 is 31.7. The van der Waals surface area contributed by atoms with Gasteiger partial charge in [0.2, 0.25) is 0 Å². The molecule has 0 saturated heterocycles. The van der Waals surface area contributed by atoms with E-state index in [0.717, 1.165) is 0 Å². The minimum absolute atomic E-state index is 0.251. The zero-order valence-electron chi connectivity index (χ0n) is 22.5. The number of methoxy groups -OCH3 is 4. The predicted octanol–water partition coefficient (Wildman–Crippen LogP) is 2.78. The Bertz CT molecular complexity index is 1200. The summed E-state index contributed by atoms with van der Waals surface area (Å²) in [6.07, 6.45) is 2.93. The first-order valence-electron chi connectivity index (χ1n) is 11.9. The second-order valence-corrected chi connectivity index (χ2v) is 7.93. The van der Waals surface area contributed by atoms with E-state index >= 15 is 0 Å². The van der Waals surface area contributed by atoms with Gasteiger partial charge in [-0.2, -0.15) is 10.2 Å². The third kappa shape index (κ3) is 9.56. The fraction of sp³-hybridized carbons (Fsp3) is 0.214. The first-order valence-corrected chi connectivity index (χ1v) is 11.9. The summed E-state index contributed by atoms with van der Waals surface area (Å²) in [4.78, 5) is 24.1. The highest BCUT2D eigenvalue weighted by Crippen LogP contribution is 2.22. The van der Waals surface area contributed by atoms with Gasteiger partial charge in [0.05, 0.1) is 40.9 Å². The highest BCUT2D eigenvalue weighted by atomic mass is 16.5. The number of hydrogen-bond acceptors (Lipinski definition) is 10. The molecule has 3 aromatic carbocycles. The maximum Gasteiger partial charge on any atom is 0.277 e. The highest BCUT2D eigenvalue weighted by molar-refractivity contribution is 5.84. The van der Waals surface area contributed by atoms with Crippen molar-refractivity contribution >= 4 is 24.2 Å². The number of nitrogens with zero attached hydrogens (tertiary/aromatic N) is 2. The zero-order valence-corrected chi connectivity index (χ0v) is 22.5. The van der Waals surface area contributed by atoms with Gasteiger partial charge in [-0.25, -0.2) is 10.9 Å². The molecule has 0 aliphatic carbocycles. The lowest BCUT2D eigenvalue weighted by molar-refractivity contribution is -0.123. The van der Waals surface area contributed by atoms with Crippen LogP contribution in [0.2, 0.25) is 0 Å². The molecular formula is C28H30N4O8. The van der Waals surface area contributed by atoms with Crippen molar-refractivity contribution in [3.05, 3.63) is 71.8 Å². The van der Waals surface area contributed by atoms with Crippen LogP contribution in [0.5, 0.6) is 34.5 Å². The molecule has 0 radical (unpaired) electrons. The third-order valence-electron chi connectivity index (χ3n) is 5.12. The van der Waals surface area contributed by atoms with Crippen molar-refractivity contribution in [3.63, 3.8) is 0 Å². The van der Waals surface area contributed by atoms with Crippen molar-refractivity contribution in [1.82, 2.24) is 10.9 Å². The summed E-state index contributed by atoms with van der Waals surface area (Å²) in [6, 6.07) is 16.9. The molecule has 210 valence electrons. The maximum absolute atomic E-state index is 12.0. The van der Waals surface area contributed by atoms with Crippen molar-refractivity contribution in [1.29, 1.82) is 0 Å². The molecular weight excluding hydrogens is 520 g/mol. The molecule has 0 atom stereocenters. The van der Waals surface area contributed by atoms with Crippen molar-refractivity contribution in [2.24, 2.45) is 10.2 Å². The van der Waals surface area contributed by atoms with Crippen LogP contribution in [0.15, 0.2) is 70.9 Å². The van der Waals surface area contributed by atoms with Gasteiger partial charge in [0, 0.05) is 23.3 Å². The Morgan fingerprint density at radius 2 is 0.900 bits per heavy atom. The monoisotopic (exact) mass is 550 g/mol. The van der Waals surface area contributed by atoms with Crippen LogP contribution in [0, 0.1) is 0 Å². The normalized spacial score (nSPS) is 10.7. The van der Waals surface area contributed by atoms with E-state index in [9.17, 15) is 9.59 Å². The second-order valence-electron chi connectivity index (χ2n) is 7.93. The van der Waals surface area contributed by atoms with Gasteiger partial charge in [-0.05, 0) is 48.5 Å². The highest BCUT2D eigenvalue weighted by Gasteiger charge is 2.06. The molecule has 0 spiro atoms. The molecule has 0 aliphatic rings. The van der Waals surface area contributed by atoms with Gasteiger partial charge in [-0.15, -0.1) is 0 Å². The van der Waals surface area contributed by atoms with Gasteiger partial charge >= 0.3 is 0 Å². The minimum Gasteiger partial charge on any atom is -0.497 e. The molecule has 12 heteroatoms. The quantitative estimate of drug-likeness (QED) is 0.231. The summed E-state index contributed by atoms with van der Waals surface area (Å²) in [6.45, 7) is -0.503. The van der Waals surface area contributed by atoms with Gasteiger partial charge in [-0.1, -0.05) is 0 Å². The van der Waals surface area contributed by atoms with E-state index in [0.29, 0.717) is 45.6 Å². The SMILES string of the molecule is COc1cc(/C=N/NC(=O)COc2ccc(OCC(=O)N/N=C/c3cc(OC)cc(OC)c3)cc2)cc(OC)c1. The second kappa shape index (κ2) is 15.2.